The zero-order chi connectivity index (χ0) is 29.2. The van der Waals surface area contributed by atoms with Crippen molar-refractivity contribution in [2.24, 2.45) is 0 Å². The maximum Gasteiger partial charge on any atom is 0.0847 e. The molecule has 0 spiro atoms. The topological polar surface area (TPSA) is 51.8 Å². The van der Waals surface area contributed by atoms with Crippen molar-refractivity contribution in [2.75, 3.05) is 0 Å². The second-order valence-electron chi connectivity index (χ2n) is 10.7. The molecule has 0 aliphatic carbocycles. The minimum atomic E-state index is 0. The van der Waals surface area contributed by atoms with Gasteiger partial charge in [-0.25, -0.2) is 0 Å². The molecule has 0 atom stereocenters. The van der Waals surface area contributed by atoms with Crippen LogP contribution in [0.3, 0.4) is 0 Å². The van der Waals surface area contributed by atoms with Crippen LogP contribution in [0.25, 0.3) is 55.5 Å². The van der Waals surface area contributed by atoms with Crippen molar-refractivity contribution in [3.8, 4) is 33.6 Å². The molecule has 4 aromatic heterocycles. The van der Waals surface area contributed by atoms with Crippen LogP contribution in [0, 0.1) is 46.8 Å². The predicted octanol–water partition coefficient (Wildman–Crippen LogP) is 9.60. The molecule has 3 aromatic carbocycles. The third kappa shape index (κ3) is 6.34. The van der Waals surface area contributed by atoms with Gasteiger partial charge in [-0.15, -0.1) is 41.0 Å². The molecule has 7 aromatic rings. The van der Waals surface area contributed by atoms with Crippen molar-refractivity contribution in [3.63, 3.8) is 0 Å². The number of hydrogen-bond donors (Lipinski definition) is 0. The first kappa shape index (κ1) is 30.0. The van der Waals surface area contributed by atoms with E-state index in [0.717, 1.165) is 61.2 Å². The van der Waals surface area contributed by atoms with E-state index in [0.29, 0.717) is 0 Å². The van der Waals surface area contributed by atoms with E-state index < -0.39 is 0 Å². The Morgan fingerprint density at radius 1 is 0.674 bits per heavy atom. The first-order valence-electron chi connectivity index (χ1n) is 14.0. The van der Waals surface area contributed by atoms with Gasteiger partial charge in [-0.3, -0.25) is 9.97 Å². The van der Waals surface area contributed by atoms with Crippen LogP contribution in [0.4, 0.5) is 0 Å². The molecule has 0 unspecified atom stereocenters. The Hall–Kier alpha value is -4.44. The van der Waals surface area contributed by atoms with Gasteiger partial charge >= 0.3 is 0 Å². The molecular formula is C38H31IrN3O-2. The van der Waals surface area contributed by atoms with Gasteiger partial charge in [0.05, 0.1) is 5.58 Å². The molecule has 7 rings (SSSR count). The number of rotatable bonds is 3. The molecule has 0 saturated carbocycles. The molecule has 0 N–H and O–H groups in total. The molecule has 0 aliphatic heterocycles. The van der Waals surface area contributed by atoms with Crippen LogP contribution >= 0.6 is 0 Å². The van der Waals surface area contributed by atoms with Crippen molar-refractivity contribution in [2.45, 2.75) is 34.6 Å². The van der Waals surface area contributed by atoms with E-state index in [1.165, 1.54) is 22.3 Å². The Balaban J connectivity index is 0.000000188. The Morgan fingerprint density at radius 2 is 1.44 bits per heavy atom. The van der Waals surface area contributed by atoms with Gasteiger partial charge in [0.2, 0.25) is 0 Å². The van der Waals surface area contributed by atoms with Gasteiger partial charge in [0.25, 0.3) is 0 Å². The number of aryl methyl sites for hydroxylation is 5. The Morgan fingerprint density at radius 3 is 2.16 bits per heavy atom. The summed E-state index contributed by atoms with van der Waals surface area (Å²) in [6.45, 7) is 10.4. The normalized spacial score (nSPS) is 10.7. The maximum atomic E-state index is 5.64. The van der Waals surface area contributed by atoms with E-state index in [1.54, 1.807) is 6.26 Å². The molecule has 0 bridgehead atoms. The number of pyridine rings is 3. The summed E-state index contributed by atoms with van der Waals surface area (Å²) in [6.07, 6.45) is 5.51. The van der Waals surface area contributed by atoms with E-state index in [-0.39, 0.29) is 20.1 Å². The number of fused-ring (bicyclic) bond motifs is 3. The van der Waals surface area contributed by atoms with Crippen molar-refractivity contribution >= 4 is 21.9 Å². The van der Waals surface area contributed by atoms with Crippen molar-refractivity contribution in [1.29, 1.82) is 0 Å². The first-order chi connectivity index (χ1) is 20.4. The standard InChI is InChI=1S/C23H15N2O.C15H16N.Ir/c1-15-7-9-19-20(13-17-11-12-26-23(17)22(19)25-15)21-10-8-18(14-24-21)16-5-3-2-4-6-16;1-10-5-6-14(7-11(10)2)15-8-12(3)13(4)9-16-15;/h2-12,14H,1H3;5,7-9H,1-4H3;/q2*-1;. The molecule has 0 fully saturated rings. The molecule has 0 amide bonds. The Labute approximate surface area is 266 Å². The summed E-state index contributed by atoms with van der Waals surface area (Å²) in [6, 6.07) is 33.4. The number of aromatic nitrogens is 3. The molecule has 4 nitrogen and oxygen atoms in total. The summed E-state index contributed by atoms with van der Waals surface area (Å²) < 4.78 is 5.64. The Kier molecular flexibility index (Phi) is 8.96. The molecule has 5 heteroatoms. The summed E-state index contributed by atoms with van der Waals surface area (Å²) in [5, 5.41) is 1.91. The summed E-state index contributed by atoms with van der Waals surface area (Å²) in [5.41, 5.74) is 13.8. The maximum absolute atomic E-state index is 5.64. The molecule has 0 aliphatic rings. The van der Waals surface area contributed by atoms with E-state index in [1.807, 2.05) is 61.8 Å². The second-order valence-corrected chi connectivity index (χ2v) is 10.7. The fraction of sp³-hybridized carbons (Fsp3) is 0.132. The van der Waals surface area contributed by atoms with E-state index in [9.17, 15) is 0 Å². The summed E-state index contributed by atoms with van der Waals surface area (Å²) in [7, 11) is 0. The van der Waals surface area contributed by atoms with Gasteiger partial charge in [0.15, 0.2) is 0 Å². The smallest absolute Gasteiger partial charge is 0.0847 e. The summed E-state index contributed by atoms with van der Waals surface area (Å²) >= 11 is 0. The van der Waals surface area contributed by atoms with Gasteiger partial charge in [-0.2, -0.15) is 0 Å². The van der Waals surface area contributed by atoms with Crippen molar-refractivity contribution in [3.05, 3.63) is 138 Å². The summed E-state index contributed by atoms with van der Waals surface area (Å²) in [4.78, 5) is 13.8. The van der Waals surface area contributed by atoms with Gasteiger partial charge in [-0.05, 0) is 49.2 Å². The monoisotopic (exact) mass is 738 g/mol. The quantitative estimate of drug-likeness (QED) is 0.170. The number of hydrogen-bond acceptors (Lipinski definition) is 4. The average molecular weight is 738 g/mol. The zero-order valence-corrected chi connectivity index (χ0v) is 27.2. The van der Waals surface area contributed by atoms with Gasteiger partial charge < -0.3 is 9.40 Å². The SMILES string of the molecule is Cc1c[c-]c(-c2cc(C)c(C)cn2)cc1C.Cc1ccc2c(-c3ccc(-c4ccccc4)cn3)[c-]c3ccoc3c2n1.[Ir]. The van der Waals surface area contributed by atoms with E-state index >= 15 is 0 Å². The van der Waals surface area contributed by atoms with Crippen LogP contribution in [-0.2, 0) is 20.1 Å². The van der Waals surface area contributed by atoms with Crippen LogP contribution in [0.2, 0.25) is 0 Å². The molecule has 1 radical (unpaired) electrons. The van der Waals surface area contributed by atoms with Crippen LogP contribution in [0.1, 0.15) is 27.9 Å². The fourth-order valence-electron chi connectivity index (χ4n) is 4.86. The first-order valence-corrected chi connectivity index (χ1v) is 14.0. The molecule has 4 heterocycles. The minimum Gasteiger partial charge on any atom is -0.506 e. The van der Waals surface area contributed by atoms with Gasteiger partial charge in [0.1, 0.15) is 0 Å². The van der Waals surface area contributed by atoms with Crippen LogP contribution in [-0.4, -0.2) is 15.0 Å². The molecule has 43 heavy (non-hydrogen) atoms. The Bertz CT molecular complexity index is 1980. The minimum absolute atomic E-state index is 0. The van der Waals surface area contributed by atoms with Crippen LogP contribution in [0.15, 0.2) is 102 Å². The molecule has 215 valence electrons. The zero-order valence-electron chi connectivity index (χ0n) is 24.8. The second kappa shape index (κ2) is 12.8. The van der Waals surface area contributed by atoms with Gasteiger partial charge in [-0.1, -0.05) is 96.4 Å². The third-order valence-corrected chi connectivity index (χ3v) is 7.65. The molecular weight excluding hydrogens is 707 g/mol. The number of nitrogens with zero attached hydrogens (tertiary/aromatic N) is 3. The number of furan rings is 1. The van der Waals surface area contributed by atoms with E-state index in [2.05, 4.69) is 86.2 Å². The predicted molar refractivity (Wildman–Crippen MR) is 171 cm³/mol. The average Bonchev–Trinajstić information content (AvgIpc) is 3.50. The molecule has 0 saturated heterocycles. The number of benzene rings is 3. The fourth-order valence-corrected chi connectivity index (χ4v) is 4.86. The van der Waals surface area contributed by atoms with Crippen molar-refractivity contribution in [1.82, 2.24) is 15.0 Å². The third-order valence-electron chi connectivity index (χ3n) is 7.65. The van der Waals surface area contributed by atoms with Crippen molar-refractivity contribution < 1.29 is 24.5 Å². The van der Waals surface area contributed by atoms with Gasteiger partial charge in [0, 0.05) is 55.7 Å². The summed E-state index contributed by atoms with van der Waals surface area (Å²) in [5.74, 6) is 0. The van der Waals surface area contributed by atoms with Crippen LogP contribution in [0.5, 0.6) is 0 Å². The largest absolute Gasteiger partial charge is 0.506 e. The van der Waals surface area contributed by atoms with E-state index in [4.69, 9.17) is 9.40 Å². The van der Waals surface area contributed by atoms with Crippen LogP contribution < -0.4 is 0 Å².